The van der Waals surface area contributed by atoms with Gasteiger partial charge in [0, 0.05) is 53.0 Å². The molecule has 2 N–H and O–H groups in total. The Hall–Kier alpha value is -0.860. The standard InChI is InChI=1S/C19H32N4O.HI/c1-4-18(14-22-19(20-2)21-11-7-13-24-3)23-12-10-16-8-5-6-9-17(16)15-23;/h5-6,8-9,18H,4,7,10-15H2,1-3H3,(H2,20,21,22);1H. The largest absolute Gasteiger partial charge is 0.385 e. The molecule has 1 atom stereocenters. The van der Waals surface area contributed by atoms with Crippen LogP contribution in [0.2, 0.25) is 0 Å². The summed E-state index contributed by atoms with van der Waals surface area (Å²) in [6, 6.07) is 9.34. The Morgan fingerprint density at radius 2 is 2.04 bits per heavy atom. The van der Waals surface area contributed by atoms with Gasteiger partial charge in [-0.25, -0.2) is 0 Å². The maximum atomic E-state index is 5.07. The van der Waals surface area contributed by atoms with E-state index in [9.17, 15) is 0 Å². The molecule has 0 radical (unpaired) electrons. The van der Waals surface area contributed by atoms with Crippen molar-refractivity contribution in [1.29, 1.82) is 0 Å². The molecule has 1 aromatic carbocycles. The van der Waals surface area contributed by atoms with E-state index in [0.717, 1.165) is 58.0 Å². The van der Waals surface area contributed by atoms with Crippen molar-refractivity contribution in [3.63, 3.8) is 0 Å². The van der Waals surface area contributed by atoms with Crippen LogP contribution in [0.5, 0.6) is 0 Å². The zero-order chi connectivity index (χ0) is 17.2. The van der Waals surface area contributed by atoms with E-state index in [1.807, 2.05) is 7.05 Å². The monoisotopic (exact) mass is 460 g/mol. The molecular weight excluding hydrogens is 427 g/mol. The molecule has 1 aromatic rings. The number of halogens is 1. The number of fused-ring (bicyclic) bond motifs is 1. The summed E-state index contributed by atoms with van der Waals surface area (Å²) < 4.78 is 5.07. The minimum Gasteiger partial charge on any atom is -0.385 e. The molecule has 1 aliphatic rings. The molecule has 0 spiro atoms. The smallest absolute Gasteiger partial charge is 0.191 e. The minimum absolute atomic E-state index is 0. The van der Waals surface area contributed by atoms with Gasteiger partial charge in [0.15, 0.2) is 5.96 Å². The van der Waals surface area contributed by atoms with Crippen LogP contribution in [0.15, 0.2) is 29.3 Å². The first-order chi connectivity index (χ1) is 11.8. The Morgan fingerprint density at radius 3 is 2.72 bits per heavy atom. The number of nitrogens with one attached hydrogen (secondary N) is 2. The predicted molar refractivity (Wildman–Crippen MR) is 116 cm³/mol. The molecule has 0 amide bonds. The van der Waals surface area contributed by atoms with E-state index in [1.54, 1.807) is 7.11 Å². The maximum absolute atomic E-state index is 5.07. The highest BCUT2D eigenvalue weighted by molar-refractivity contribution is 14.0. The highest BCUT2D eigenvalue weighted by Crippen LogP contribution is 2.21. The van der Waals surface area contributed by atoms with Crippen molar-refractivity contribution in [3.8, 4) is 0 Å². The molecule has 0 bridgehead atoms. The molecule has 5 nitrogen and oxygen atoms in total. The van der Waals surface area contributed by atoms with Crippen LogP contribution in [0.4, 0.5) is 0 Å². The molecular formula is C19H33IN4O. The van der Waals surface area contributed by atoms with Crippen LogP contribution < -0.4 is 10.6 Å². The molecule has 25 heavy (non-hydrogen) atoms. The molecule has 0 saturated heterocycles. The molecule has 0 aromatic heterocycles. The summed E-state index contributed by atoms with van der Waals surface area (Å²) in [5.41, 5.74) is 2.98. The van der Waals surface area contributed by atoms with Gasteiger partial charge in [0.25, 0.3) is 0 Å². The van der Waals surface area contributed by atoms with Gasteiger partial charge >= 0.3 is 0 Å². The second-order valence-electron chi connectivity index (χ2n) is 6.28. The normalized spacial score (nSPS) is 15.9. The van der Waals surface area contributed by atoms with Gasteiger partial charge in [-0.05, 0) is 30.4 Å². The van der Waals surface area contributed by atoms with Gasteiger partial charge in [-0.1, -0.05) is 31.2 Å². The fourth-order valence-corrected chi connectivity index (χ4v) is 3.22. The number of methoxy groups -OCH3 is 1. The van der Waals surface area contributed by atoms with Crippen molar-refractivity contribution in [2.75, 3.05) is 40.4 Å². The molecule has 6 heteroatoms. The van der Waals surface area contributed by atoms with E-state index in [1.165, 1.54) is 11.1 Å². The zero-order valence-electron chi connectivity index (χ0n) is 15.8. The Kier molecular flexibility index (Phi) is 11.1. The van der Waals surface area contributed by atoms with Crippen molar-refractivity contribution in [2.45, 2.75) is 38.8 Å². The lowest BCUT2D eigenvalue weighted by Gasteiger charge is -2.35. The second-order valence-corrected chi connectivity index (χ2v) is 6.28. The Labute approximate surface area is 169 Å². The Bertz CT molecular complexity index is 524. The van der Waals surface area contributed by atoms with E-state index in [0.29, 0.717) is 6.04 Å². The first-order valence-corrected chi connectivity index (χ1v) is 9.02. The van der Waals surface area contributed by atoms with Crippen LogP contribution in [-0.4, -0.2) is 57.3 Å². The van der Waals surface area contributed by atoms with Crippen LogP contribution in [0, 0.1) is 0 Å². The van der Waals surface area contributed by atoms with E-state index in [-0.39, 0.29) is 24.0 Å². The Morgan fingerprint density at radius 1 is 1.28 bits per heavy atom. The number of benzene rings is 1. The quantitative estimate of drug-likeness (QED) is 0.271. The minimum atomic E-state index is 0. The fourth-order valence-electron chi connectivity index (χ4n) is 3.22. The molecule has 1 unspecified atom stereocenters. The maximum Gasteiger partial charge on any atom is 0.191 e. The number of hydrogen-bond acceptors (Lipinski definition) is 3. The van der Waals surface area contributed by atoms with Crippen LogP contribution in [0.1, 0.15) is 30.9 Å². The molecule has 1 heterocycles. The number of ether oxygens (including phenoxy) is 1. The predicted octanol–water partition coefficient (Wildman–Crippen LogP) is 2.64. The first-order valence-electron chi connectivity index (χ1n) is 9.02. The van der Waals surface area contributed by atoms with Crippen LogP contribution in [0.25, 0.3) is 0 Å². The lowest BCUT2D eigenvalue weighted by molar-refractivity contribution is 0.174. The van der Waals surface area contributed by atoms with E-state index in [2.05, 4.69) is 51.7 Å². The van der Waals surface area contributed by atoms with Crippen molar-refractivity contribution in [3.05, 3.63) is 35.4 Å². The molecule has 142 valence electrons. The van der Waals surface area contributed by atoms with Gasteiger partial charge < -0.3 is 15.4 Å². The van der Waals surface area contributed by atoms with Gasteiger partial charge in [-0.2, -0.15) is 0 Å². The van der Waals surface area contributed by atoms with Gasteiger partial charge in [0.2, 0.25) is 0 Å². The molecule has 2 rings (SSSR count). The van der Waals surface area contributed by atoms with Crippen molar-refractivity contribution in [1.82, 2.24) is 15.5 Å². The van der Waals surface area contributed by atoms with Crippen molar-refractivity contribution >= 4 is 29.9 Å². The molecule has 0 aliphatic carbocycles. The SMILES string of the molecule is CCC(CNC(=NC)NCCCOC)N1CCc2ccccc2C1.I. The average molecular weight is 460 g/mol. The third kappa shape index (κ3) is 7.11. The first kappa shape index (κ1) is 22.2. The summed E-state index contributed by atoms with van der Waals surface area (Å²) >= 11 is 0. The summed E-state index contributed by atoms with van der Waals surface area (Å²) in [5.74, 6) is 0.877. The van der Waals surface area contributed by atoms with Crippen molar-refractivity contribution in [2.24, 2.45) is 4.99 Å². The van der Waals surface area contributed by atoms with Gasteiger partial charge in [-0.15, -0.1) is 24.0 Å². The summed E-state index contributed by atoms with van der Waals surface area (Å²) in [5, 5.41) is 6.82. The summed E-state index contributed by atoms with van der Waals surface area (Å²) in [4.78, 5) is 6.90. The molecule has 0 fully saturated rings. The second kappa shape index (κ2) is 12.5. The number of guanidine groups is 1. The fraction of sp³-hybridized carbons (Fsp3) is 0.632. The number of nitrogens with zero attached hydrogens (tertiary/aromatic N) is 2. The highest BCUT2D eigenvalue weighted by atomic mass is 127. The lowest BCUT2D eigenvalue weighted by atomic mass is 9.98. The third-order valence-corrected chi connectivity index (χ3v) is 4.69. The van der Waals surface area contributed by atoms with Crippen molar-refractivity contribution < 1.29 is 4.74 Å². The number of aliphatic imine (C=N–C) groups is 1. The summed E-state index contributed by atoms with van der Waals surface area (Å²) in [6.45, 7) is 7.02. The number of hydrogen-bond donors (Lipinski definition) is 2. The van der Waals surface area contributed by atoms with Gasteiger partial charge in [-0.3, -0.25) is 9.89 Å². The highest BCUT2D eigenvalue weighted by Gasteiger charge is 2.22. The van der Waals surface area contributed by atoms with Gasteiger partial charge in [0.1, 0.15) is 0 Å². The molecule has 1 aliphatic heterocycles. The van der Waals surface area contributed by atoms with E-state index >= 15 is 0 Å². The molecule has 0 saturated carbocycles. The van der Waals surface area contributed by atoms with Gasteiger partial charge in [0.05, 0.1) is 0 Å². The topological polar surface area (TPSA) is 48.9 Å². The number of rotatable bonds is 8. The van der Waals surface area contributed by atoms with Crippen LogP contribution >= 0.6 is 24.0 Å². The third-order valence-electron chi connectivity index (χ3n) is 4.69. The summed E-state index contributed by atoms with van der Waals surface area (Å²) in [7, 11) is 3.55. The zero-order valence-corrected chi connectivity index (χ0v) is 18.1. The van der Waals surface area contributed by atoms with Crippen LogP contribution in [0.3, 0.4) is 0 Å². The van der Waals surface area contributed by atoms with E-state index in [4.69, 9.17) is 4.74 Å². The van der Waals surface area contributed by atoms with E-state index < -0.39 is 0 Å². The van der Waals surface area contributed by atoms with Crippen LogP contribution in [-0.2, 0) is 17.7 Å². The summed E-state index contributed by atoms with van der Waals surface area (Å²) in [6.07, 6.45) is 3.27. The Balaban J connectivity index is 0.00000312. The lowest BCUT2D eigenvalue weighted by Crippen LogP contribution is -2.48. The average Bonchev–Trinajstić information content (AvgIpc) is 2.63.